The smallest absolute Gasteiger partial charge is 0.231 e. The van der Waals surface area contributed by atoms with Gasteiger partial charge in [-0.1, -0.05) is 72.3 Å². The predicted molar refractivity (Wildman–Crippen MR) is 107 cm³/mol. The van der Waals surface area contributed by atoms with E-state index in [1.54, 1.807) is 18.2 Å². The van der Waals surface area contributed by atoms with Crippen molar-refractivity contribution < 1.29 is 19.4 Å². The van der Waals surface area contributed by atoms with E-state index in [-0.39, 0.29) is 18.3 Å². The summed E-state index contributed by atoms with van der Waals surface area (Å²) in [7, 11) is 0. The summed E-state index contributed by atoms with van der Waals surface area (Å²) in [5.41, 5.74) is -0.556. The number of hydrogen-bond acceptors (Lipinski definition) is 4. The van der Waals surface area contributed by atoms with Crippen molar-refractivity contribution in [3.05, 3.63) is 83.4 Å². The van der Waals surface area contributed by atoms with Crippen molar-refractivity contribution in [3.8, 4) is 0 Å². The zero-order valence-corrected chi connectivity index (χ0v) is 16.2. The van der Waals surface area contributed by atoms with Crippen LogP contribution >= 0.6 is 0 Å². The van der Waals surface area contributed by atoms with Gasteiger partial charge in [-0.2, -0.15) is 0 Å². The molecule has 1 saturated heterocycles. The maximum Gasteiger partial charge on any atom is 0.231 e. The number of benzene rings is 2. The van der Waals surface area contributed by atoms with Crippen LogP contribution in [0.3, 0.4) is 0 Å². The van der Waals surface area contributed by atoms with E-state index in [1.807, 2.05) is 55.5 Å². The van der Waals surface area contributed by atoms with Gasteiger partial charge in [0.05, 0.1) is 18.1 Å². The lowest BCUT2D eigenvalue weighted by Gasteiger charge is -2.31. The molecule has 0 radical (unpaired) electrons. The Balaban J connectivity index is 1.49. The molecule has 2 bridgehead atoms. The molecule has 0 unspecified atom stereocenters. The fourth-order valence-electron chi connectivity index (χ4n) is 5.30. The van der Waals surface area contributed by atoms with Crippen molar-refractivity contribution in [1.29, 1.82) is 0 Å². The molecular formula is C24H23NO4. The number of ketones is 1. The highest BCUT2D eigenvalue weighted by Gasteiger charge is 2.91. The number of rotatable bonds is 6. The molecule has 5 rings (SSSR count). The molecule has 2 aromatic carbocycles. The molecule has 1 aliphatic carbocycles. The van der Waals surface area contributed by atoms with Crippen molar-refractivity contribution in [3.63, 3.8) is 0 Å². The van der Waals surface area contributed by atoms with Crippen molar-refractivity contribution in [2.75, 3.05) is 6.61 Å². The average Bonchev–Trinajstić information content (AvgIpc) is 3.24. The number of carbonyl (C=O) groups is 2. The molecule has 5 nitrogen and oxygen atoms in total. The first-order valence-corrected chi connectivity index (χ1v) is 9.91. The fraction of sp³-hybridized carbons (Fsp3) is 0.333. The third kappa shape index (κ3) is 2.23. The van der Waals surface area contributed by atoms with Crippen molar-refractivity contribution in [1.82, 2.24) is 5.32 Å². The number of aryl methyl sites for hydroxylation is 1. The first kappa shape index (κ1) is 18.3. The van der Waals surface area contributed by atoms with Gasteiger partial charge in [0.2, 0.25) is 5.91 Å². The number of ether oxygens (including phenoxy) is 1. The Kier molecular flexibility index (Phi) is 3.86. The number of nitrogens with one attached hydrogen (secondary N) is 1. The number of aliphatic hydroxyl groups is 1. The van der Waals surface area contributed by atoms with Crippen LogP contribution in [0.15, 0.2) is 66.7 Å². The van der Waals surface area contributed by atoms with Crippen LogP contribution in [-0.4, -0.2) is 35.1 Å². The van der Waals surface area contributed by atoms with Crippen LogP contribution in [0.2, 0.25) is 0 Å². The molecule has 0 spiro atoms. The Hall–Kier alpha value is -2.76. The molecule has 1 amide bonds. The van der Waals surface area contributed by atoms with E-state index in [0.717, 1.165) is 11.1 Å². The number of Topliss-reactive ketones (excluding diaryl/α,β-unsaturated/α-hetero) is 1. The van der Waals surface area contributed by atoms with Crippen LogP contribution in [0.1, 0.15) is 27.9 Å². The maximum absolute atomic E-state index is 13.6. The zero-order chi connectivity index (χ0) is 20.3. The number of fused-ring (bicyclic) bond motifs is 5. The normalized spacial score (nSPS) is 33.4. The van der Waals surface area contributed by atoms with Gasteiger partial charge in [-0.25, -0.2) is 0 Å². The van der Waals surface area contributed by atoms with Crippen LogP contribution < -0.4 is 5.32 Å². The maximum atomic E-state index is 13.6. The largest absolute Gasteiger partial charge is 0.393 e. The monoisotopic (exact) mass is 389 g/mol. The molecule has 2 aliphatic heterocycles. The number of hydrogen-bond donors (Lipinski definition) is 2. The second-order valence-electron chi connectivity index (χ2n) is 8.36. The molecular weight excluding hydrogens is 366 g/mol. The van der Waals surface area contributed by atoms with Crippen LogP contribution in [0.25, 0.3) is 0 Å². The number of carbonyl (C=O) groups excluding carboxylic acids is 2. The lowest BCUT2D eigenvalue weighted by molar-refractivity contribution is -0.136. The Labute approximate surface area is 169 Å². The van der Waals surface area contributed by atoms with E-state index in [2.05, 4.69) is 5.32 Å². The van der Waals surface area contributed by atoms with E-state index in [1.165, 1.54) is 0 Å². The molecule has 29 heavy (non-hydrogen) atoms. The average molecular weight is 389 g/mol. The van der Waals surface area contributed by atoms with Crippen molar-refractivity contribution >= 4 is 11.7 Å². The molecule has 3 aliphatic rings. The summed E-state index contributed by atoms with van der Waals surface area (Å²) < 4.78 is 6.07. The number of amides is 1. The minimum Gasteiger partial charge on any atom is -0.393 e. The molecule has 4 atom stereocenters. The minimum absolute atomic E-state index is 0.0861. The van der Waals surface area contributed by atoms with E-state index < -0.39 is 22.5 Å². The second-order valence-corrected chi connectivity index (χ2v) is 8.36. The highest BCUT2D eigenvalue weighted by Crippen LogP contribution is 2.80. The SMILES string of the molecule is Cc1ccc(C(=O)[C@@]23C[C@]2(C(=O)NCc2ccccc2)[C@]2(CO)C=C[C@H]3O2)cc1. The van der Waals surface area contributed by atoms with Gasteiger partial charge in [-0.3, -0.25) is 9.59 Å². The molecule has 2 aromatic rings. The van der Waals surface area contributed by atoms with Gasteiger partial charge >= 0.3 is 0 Å². The summed E-state index contributed by atoms with van der Waals surface area (Å²) in [5, 5.41) is 13.2. The van der Waals surface area contributed by atoms with Gasteiger partial charge in [0.25, 0.3) is 0 Å². The predicted octanol–water partition coefficient (Wildman–Crippen LogP) is 2.57. The highest BCUT2D eigenvalue weighted by molar-refractivity contribution is 6.11. The summed E-state index contributed by atoms with van der Waals surface area (Å²) in [6.45, 7) is 2.00. The first-order chi connectivity index (χ1) is 14.0. The van der Waals surface area contributed by atoms with Crippen LogP contribution in [0.5, 0.6) is 0 Å². The highest BCUT2D eigenvalue weighted by atomic mass is 16.5. The summed E-state index contributed by atoms with van der Waals surface area (Å²) >= 11 is 0. The molecule has 148 valence electrons. The van der Waals surface area contributed by atoms with Gasteiger partial charge in [0.1, 0.15) is 11.0 Å². The van der Waals surface area contributed by atoms with Gasteiger partial charge in [0.15, 0.2) is 5.78 Å². The van der Waals surface area contributed by atoms with Gasteiger partial charge in [0, 0.05) is 12.1 Å². The Morgan fingerprint density at radius 3 is 2.55 bits per heavy atom. The Morgan fingerprint density at radius 1 is 1.14 bits per heavy atom. The van der Waals surface area contributed by atoms with Crippen LogP contribution in [0, 0.1) is 17.8 Å². The van der Waals surface area contributed by atoms with E-state index in [9.17, 15) is 14.7 Å². The fourth-order valence-corrected chi connectivity index (χ4v) is 5.30. The Bertz CT molecular complexity index is 1010. The summed E-state index contributed by atoms with van der Waals surface area (Å²) in [4.78, 5) is 27.0. The van der Waals surface area contributed by atoms with Crippen molar-refractivity contribution in [2.24, 2.45) is 10.8 Å². The first-order valence-electron chi connectivity index (χ1n) is 9.91. The quantitative estimate of drug-likeness (QED) is 0.588. The molecule has 2 N–H and O–H groups in total. The van der Waals surface area contributed by atoms with E-state index >= 15 is 0 Å². The molecule has 2 heterocycles. The number of aliphatic hydroxyl groups excluding tert-OH is 1. The van der Waals surface area contributed by atoms with Crippen molar-refractivity contribution in [2.45, 2.75) is 31.6 Å². The minimum atomic E-state index is -1.14. The molecule has 1 saturated carbocycles. The Morgan fingerprint density at radius 2 is 1.86 bits per heavy atom. The topological polar surface area (TPSA) is 75.6 Å². The zero-order valence-electron chi connectivity index (χ0n) is 16.2. The van der Waals surface area contributed by atoms with Gasteiger partial charge in [-0.15, -0.1) is 0 Å². The third-order valence-corrected chi connectivity index (χ3v) is 6.90. The molecule has 5 heteroatoms. The molecule has 0 aromatic heterocycles. The van der Waals surface area contributed by atoms with Crippen LogP contribution in [-0.2, 0) is 16.1 Å². The molecule has 2 fully saturated rings. The van der Waals surface area contributed by atoms with Crippen LogP contribution in [0.4, 0.5) is 0 Å². The second kappa shape index (κ2) is 6.12. The standard InChI is InChI=1S/C24H23NO4/c1-16-7-9-18(10-8-16)20(27)23-14-24(23,22(15-26)12-11-19(23)29-22)21(28)25-13-17-5-3-2-4-6-17/h2-12,19,26H,13-15H2,1H3,(H,25,28)/t19-,22-,23+,24+/m1/s1. The summed E-state index contributed by atoms with van der Waals surface area (Å²) in [6, 6.07) is 17.0. The van der Waals surface area contributed by atoms with E-state index in [4.69, 9.17) is 4.74 Å². The summed E-state index contributed by atoms with van der Waals surface area (Å²) in [6.07, 6.45) is 3.49. The van der Waals surface area contributed by atoms with Gasteiger partial charge in [-0.05, 0) is 18.9 Å². The summed E-state index contributed by atoms with van der Waals surface area (Å²) in [5.74, 6) is -0.320. The lowest BCUT2D eigenvalue weighted by Crippen LogP contribution is -2.51. The lowest BCUT2D eigenvalue weighted by atomic mass is 9.72. The van der Waals surface area contributed by atoms with E-state index in [0.29, 0.717) is 18.5 Å². The third-order valence-electron chi connectivity index (χ3n) is 6.90. The van der Waals surface area contributed by atoms with Gasteiger partial charge < -0.3 is 15.2 Å².